The molecule has 0 aliphatic rings. The van der Waals surface area contributed by atoms with E-state index in [1.54, 1.807) is 6.07 Å². The van der Waals surface area contributed by atoms with Gasteiger partial charge in [0.1, 0.15) is 22.2 Å². The molecule has 5 rings (SSSR count). The predicted molar refractivity (Wildman–Crippen MR) is 133 cm³/mol. The number of benzene rings is 2. The molecule has 0 saturated carbocycles. The van der Waals surface area contributed by atoms with Crippen molar-refractivity contribution in [2.24, 2.45) is 0 Å². The van der Waals surface area contributed by atoms with Crippen LogP contribution in [-0.2, 0) is 11.3 Å². The highest BCUT2D eigenvalue weighted by atomic mass is 35.5. The molecule has 0 fully saturated rings. The van der Waals surface area contributed by atoms with Gasteiger partial charge in [0.2, 0.25) is 5.95 Å². The summed E-state index contributed by atoms with van der Waals surface area (Å²) in [5.74, 6) is 2.20. The molecular weight excluding hydrogens is 456 g/mol. The van der Waals surface area contributed by atoms with Gasteiger partial charge in [-0.3, -0.25) is 4.79 Å². The van der Waals surface area contributed by atoms with E-state index in [1.807, 2.05) is 62.8 Å². The Morgan fingerprint density at radius 1 is 1.12 bits per heavy atom. The van der Waals surface area contributed by atoms with Gasteiger partial charge in [-0.15, -0.1) is 0 Å². The SMILES string of the molecule is CN(C)Cc1ccccc1Oc1ccc2nc(Nc3c[nH]c4ccc(Cl)nc34)[nH]c2c1.O=CO. The molecule has 0 bridgehead atoms. The van der Waals surface area contributed by atoms with E-state index in [2.05, 4.69) is 36.2 Å². The number of aromatic amines is 2. The predicted octanol–water partition coefficient (Wildman–Crippen LogP) is 5.39. The first-order valence-electron chi connectivity index (χ1n) is 10.4. The number of nitrogens with zero attached hydrogens (tertiary/aromatic N) is 3. The van der Waals surface area contributed by atoms with E-state index < -0.39 is 0 Å². The molecule has 0 amide bonds. The van der Waals surface area contributed by atoms with E-state index in [4.69, 9.17) is 26.2 Å². The highest BCUT2D eigenvalue weighted by Gasteiger charge is 2.11. The number of fused-ring (bicyclic) bond motifs is 2. The first-order chi connectivity index (χ1) is 16.5. The number of halogens is 1. The van der Waals surface area contributed by atoms with Gasteiger partial charge in [-0.25, -0.2) is 9.97 Å². The molecular formula is C24H23ClN6O3. The van der Waals surface area contributed by atoms with Gasteiger partial charge in [0.15, 0.2) is 0 Å². The summed E-state index contributed by atoms with van der Waals surface area (Å²) < 4.78 is 6.18. The summed E-state index contributed by atoms with van der Waals surface area (Å²) >= 11 is 6.04. The van der Waals surface area contributed by atoms with Crippen molar-refractivity contribution < 1.29 is 14.6 Å². The lowest BCUT2D eigenvalue weighted by Gasteiger charge is -2.14. The minimum absolute atomic E-state index is 0.250. The first-order valence-corrected chi connectivity index (χ1v) is 10.7. The lowest BCUT2D eigenvalue weighted by Crippen LogP contribution is -2.11. The Labute approximate surface area is 200 Å². The smallest absolute Gasteiger partial charge is 0.290 e. The molecule has 2 aromatic carbocycles. The topological polar surface area (TPSA) is 119 Å². The van der Waals surface area contributed by atoms with E-state index in [0.29, 0.717) is 11.1 Å². The maximum atomic E-state index is 8.36. The Morgan fingerprint density at radius 2 is 1.91 bits per heavy atom. The Hall–Kier alpha value is -4.08. The third-order valence-corrected chi connectivity index (χ3v) is 5.09. The number of ether oxygens (including phenoxy) is 1. The van der Waals surface area contributed by atoms with Crippen molar-refractivity contribution in [3.8, 4) is 11.5 Å². The molecule has 0 saturated heterocycles. The van der Waals surface area contributed by atoms with Crippen LogP contribution >= 0.6 is 11.6 Å². The minimum Gasteiger partial charge on any atom is -0.483 e. The highest BCUT2D eigenvalue weighted by Crippen LogP contribution is 2.30. The van der Waals surface area contributed by atoms with Crippen LogP contribution in [0.4, 0.5) is 11.6 Å². The lowest BCUT2D eigenvalue weighted by molar-refractivity contribution is -0.122. The van der Waals surface area contributed by atoms with Crippen molar-refractivity contribution in [2.75, 3.05) is 19.4 Å². The average Bonchev–Trinajstić information content (AvgIpc) is 3.38. The Bertz CT molecular complexity index is 1430. The van der Waals surface area contributed by atoms with Gasteiger partial charge in [0.25, 0.3) is 6.47 Å². The van der Waals surface area contributed by atoms with E-state index in [-0.39, 0.29) is 6.47 Å². The minimum atomic E-state index is -0.250. The van der Waals surface area contributed by atoms with Crippen LogP contribution in [0.5, 0.6) is 11.5 Å². The number of nitrogens with one attached hydrogen (secondary N) is 3. The standard InChI is InChI=1S/C23H21ClN6O.CH2O2/c1-30(2)13-14-5-3-4-6-20(14)31-15-7-8-16-18(11-15)27-23(26-16)28-19-12-25-17-9-10-21(24)29-22(17)19;2-1-3/h3-12,25H,13H2,1-2H3,(H2,26,27,28);1H,(H,2,3). The van der Waals surface area contributed by atoms with E-state index in [1.165, 1.54) is 0 Å². The highest BCUT2D eigenvalue weighted by molar-refractivity contribution is 6.29. The number of hydrogen-bond acceptors (Lipinski definition) is 6. The molecule has 3 aromatic heterocycles. The molecule has 10 heteroatoms. The van der Waals surface area contributed by atoms with Crippen LogP contribution < -0.4 is 10.1 Å². The van der Waals surface area contributed by atoms with E-state index >= 15 is 0 Å². The van der Waals surface area contributed by atoms with Gasteiger partial charge in [-0.05, 0) is 44.4 Å². The second kappa shape index (κ2) is 10.2. The van der Waals surface area contributed by atoms with Crippen molar-refractivity contribution >= 4 is 51.8 Å². The summed E-state index contributed by atoms with van der Waals surface area (Å²) in [6.07, 6.45) is 1.84. The molecule has 4 N–H and O–H groups in total. The van der Waals surface area contributed by atoms with Crippen LogP contribution in [-0.4, -0.2) is 50.5 Å². The summed E-state index contributed by atoms with van der Waals surface area (Å²) in [5.41, 5.74) is 5.29. The first kappa shape index (κ1) is 23.1. The summed E-state index contributed by atoms with van der Waals surface area (Å²) in [7, 11) is 4.08. The van der Waals surface area contributed by atoms with Crippen LogP contribution in [0.3, 0.4) is 0 Å². The number of imidazole rings is 1. The van der Waals surface area contributed by atoms with Crippen LogP contribution in [0.15, 0.2) is 60.8 Å². The zero-order valence-electron chi connectivity index (χ0n) is 18.5. The fourth-order valence-corrected chi connectivity index (χ4v) is 3.66. The van der Waals surface area contributed by atoms with Crippen molar-refractivity contribution in [3.63, 3.8) is 0 Å². The number of rotatable bonds is 6. The molecule has 0 aliphatic heterocycles. The van der Waals surface area contributed by atoms with Crippen molar-refractivity contribution in [3.05, 3.63) is 71.5 Å². The number of aromatic nitrogens is 4. The number of carboxylic acid groups (broad SMARTS) is 1. The maximum Gasteiger partial charge on any atom is 0.290 e. The maximum absolute atomic E-state index is 8.36. The molecule has 0 unspecified atom stereocenters. The number of pyridine rings is 1. The van der Waals surface area contributed by atoms with Gasteiger partial charge < -0.3 is 30.0 Å². The molecule has 0 aliphatic carbocycles. The summed E-state index contributed by atoms with van der Waals surface area (Å²) in [6.45, 7) is 0.555. The van der Waals surface area contributed by atoms with Crippen molar-refractivity contribution in [1.29, 1.82) is 0 Å². The number of H-pyrrole nitrogens is 2. The molecule has 3 heterocycles. The quantitative estimate of drug-likeness (QED) is 0.191. The molecule has 0 atom stereocenters. The number of para-hydroxylation sites is 1. The van der Waals surface area contributed by atoms with Crippen LogP contribution in [0.2, 0.25) is 5.15 Å². The Balaban J connectivity index is 0.000000868. The number of carbonyl (C=O) groups is 1. The van der Waals surface area contributed by atoms with Crippen LogP contribution in [0, 0.1) is 0 Å². The van der Waals surface area contributed by atoms with Crippen LogP contribution in [0.1, 0.15) is 5.56 Å². The second-order valence-corrected chi connectivity index (χ2v) is 8.06. The lowest BCUT2D eigenvalue weighted by atomic mass is 10.2. The van der Waals surface area contributed by atoms with Gasteiger partial charge in [0.05, 0.1) is 22.2 Å². The zero-order chi connectivity index (χ0) is 24.1. The van der Waals surface area contributed by atoms with Gasteiger partial charge in [-0.2, -0.15) is 0 Å². The van der Waals surface area contributed by atoms with Crippen LogP contribution in [0.25, 0.3) is 22.1 Å². The third kappa shape index (κ3) is 5.28. The monoisotopic (exact) mass is 478 g/mol. The summed E-state index contributed by atoms with van der Waals surface area (Å²) in [5, 5.41) is 10.6. The van der Waals surface area contributed by atoms with Gasteiger partial charge >= 0.3 is 0 Å². The fraction of sp³-hybridized carbons (Fsp3) is 0.125. The molecule has 34 heavy (non-hydrogen) atoms. The molecule has 5 aromatic rings. The molecule has 174 valence electrons. The number of anilines is 2. The van der Waals surface area contributed by atoms with Crippen molar-refractivity contribution in [1.82, 2.24) is 24.8 Å². The van der Waals surface area contributed by atoms with E-state index in [0.717, 1.165) is 51.4 Å². The van der Waals surface area contributed by atoms with Crippen molar-refractivity contribution in [2.45, 2.75) is 6.54 Å². The van der Waals surface area contributed by atoms with E-state index in [9.17, 15) is 0 Å². The molecule has 0 spiro atoms. The zero-order valence-corrected chi connectivity index (χ0v) is 19.3. The molecule has 0 radical (unpaired) electrons. The van der Waals surface area contributed by atoms with Gasteiger partial charge in [-0.1, -0.05) is 29.8 Å². The summed E-state index contributed by atoms with van der Waals surface area (Å²) in [6, 6.07) is 17.5. The Kier molecular flexibility index (Phi) is 6.95. The van der Waals surface area contributed by atoms with Gasteiger partial charge in [0, 0.05) is 24.4 Å². The average molecular weight is 479 g/mol. The summed E-state index contributed by atoms with van der Waals surface area (Å²) in [4.78, 5) is 26.0. The Morgan fingerprint density at radius 3 is 2.71 bits per heavy atom. The largest absolute Gasteiger partial charge is 0.483 e. The second-order valence-electron chi connectivity index (χ2n) is 7.67. The normalized spacial score (nSPS) is 10.8. The third-order valence-electron chi connectivity index (χ3n) is 4.88. The molecule has 9 nitrogen and oxygen atoms in total. The number of hydrogen-bond donors (Lipinski definition) is 4. The fourth-order valence-electron chi connectivity index (χ4n) is 3.51.